The van der Waals surface area contributed by atoms with Gasteiger partial charge in [-0.05, 0) is 91.9 Å². The number of ether oxygens (including phenoxy) is 15. The van der Waals surface area contributed by atoms with Crippen LogP contribution in [0.25, 0.3) is 0 Å². The van der Waals surface area contributed by atoms with Crippen molar-refractivity contribution in [2.24, 2.45) is 64.6 Å². The normalized spacial score (nSPS) is 40.0. The minimum Gasteiger partial charge on any atom is -0.462 e. The highest BCUT2D eigenvalue weighted by Gasteiger charge is 2.73. The van der Waals surface area contributed by atoms with E-state index in [1.165, 1.54) is 6.92 Å². The Balaban J connectivity index is 0.000000125. The molecule has 0 radical (unpaired) electrons. The van der Waals surface area contributed by atoms with E-state index in [1.54, 1.807) is 27.7 Å². The van der Waals surface area contributed by atoms with Crippen LogP contribution in [0.1, 0.15) is 99.3 Å². The Labute approximate surface area is 546 Å². The Morgan fingerprint density at radius 2 is 1.16 bits per heavy atom. The van der Waals surface area contributed by atoms with Crippen molar-refractivity contribution < 1.29 is 129 Å². The molecule has 8 heterocycles. The zero-order chi connectivity index (χ0) is 69.0. The molecular formula is C67H77NO27. The molecule has 0 aromatic carbocycles. The van der Waals surface area contributed by atoms with E-state index < -0.39 is 114 Å². The molecule has 25 atom stereocenters. The molecule has 8 saturated heterocycles. The molecule has 28 heteroatoms. The molecule has 0 aromatic rings. The summed E-state index contributed by atoms with van der Waals surface area (Å²) in [5.41, 5.74) is -0.0652. The predicted octanol–water partition coefficient (Wildman–Crippen LogP) is 4.03. The van der Waals surface area contributed by atoms with Gasteiger partial charge in [-0.25, -0.2) is 38.4 Å². The van der Waals surface area contributed by atoms with Gasteiger partial charge in [0.2, 0.25) is 12.2 Å². The van der Waals surface area contributed by atoms with E-state index in [-0.39, 0.29) is 126 Å². The zero-order valence-electron chi connectivity index (χ0n) is 53.4. The third-order valence-corrected chi connectivity index (χ3v) is 20.2. The van der Waals surface area contributed by atoms with Crippen molar-refractivity contribution in [3.05, 3.63) is 74.4 Å². The highest BCUT2D eigenvalue weighted by atomic mass is 16.9. The number of esters is 12. The highest BCUT2D eigenvalue weighted by Crippen LogP contribution is 2.63. The van der Waals surface area contributed by atoms with Crippen LogP contribution in [-0.2, 0) is 129 Å². The molecule has 0 aromatic heterocycles. The first kappa shape index (κ1) is 69.3. The zero-order valence-corrected chi connectivity index (χ0v) is 53.4. The summed E-state index contributed by atoms with van der Waals surface area (Å²) in [4.78, 5) is 136. The number of rotatable bonds is 12. The average Bonchev–Trinajstić information content (AvgIpc) is 1.56. The van der Waals surface area contributed by atoms with Crippen molar-refractivity contribution in [2.75, 3.05) is 6.61 Å². The van der Waals surface area contributed by atoms with Crippen LogP contribution in [0.4, 0.5) is 0 Å². The number of nitriles is 1. The van der Waals surface area contributed by atoms with E-state index in [9.17, 15) is 62.8 Å². The lowest BCUT2D eigenvalue weighted by molar-refractivity contribution is -0.216. The molecule has 0 N–H and O–H groups in total. The number of nitrogens with zero attached hydrogens (tertiary/aromatic N) is 1. The highest BCUT2D eigenvalue weighted by molar-refractivity contribution is 5.91. The van der Waals surface area contributed by atoms with Gasteiger partial charge in [-0.15, -0.1) is 0 Å². The largest absolute Gasteiger partial charge is 0.462 e. The van der Waals surface area contributed by atoms with Gasteiger partial charge >= 0.3 is 71.6 Å². The van der Waals surface area contributed by atoms with Gasteiger partial charge in [-0.2, -0.15) is 5.26 Å². The lowest BCUT2D eigenvalue weighted by Crippen LogP contribution is -2.39. The van der Waals surface area contributed by atoms with Crippen LogP contribution in [0, 0.1) is 75.9 Å². The molecule has 15 aliphatic rings. The average molecular weight is 1330 g/mol. The molecule has 7 aliphatic carbocycles. The number of carbonyl (C=O) groups excluding carboxylic acids is 12. The Kier molecular flexibility index (Phi) is 19.9. The van der Waals surface area contributed by atoms with Crippen LogP contribution in [-0.4, -0.2) is 170 Å². The Bertz CT molecular complexity index is 3320. The van der Waals surface area contributed by atoms with E-state index in [1.807, 2.05) is 0 Å². The van der Waals surface area contributed by atoms with E-state index in [0.717, 1.165) is 63.2 Å². The lowest BCUT2D eigenvalue weighted by atomic mass is 9.74. The van der Waals surface area contributed by atoms with E-state index in [2.05, 4.69) is 57.2 Å². The van der Waals surface area contributed by atoms with Crippen LogP contribution in [0.15, 0.2) is 74.4 Å². The van der Waals surface area contributed by atoms with Gasteiger partial charge in [-0.3, -0.25) is 19.2 Å². The minimum absolute atomic E-state index is 0.0322. The van der Waals surface area contributed by atoms with Crippen molar-refractivity contribution in [3.63, 3.8) is 0 Å². The fourth-order valence-electron chi connectivity index (χ4n) is 16.0. The summed E-state index contributed by atoms with van der Waals surface area (Å²) >= 11 is 0. The summed E-state index contributed by atoms with van der Waals surface area (Å²) in [6.07, 6.45) is 3.63. The van der Waals surface area contributed by atoms with Gasteiger partial charge in [0, 0.05) is 76.4 Å². The second-order valence-electron chi connectivity index (χ2n) is 26.8. The Hall–Kier alpha value is -8.55. The van der Waals surface area contributed by atoms with E-state index in [4.69, 9.17) is 66.3 Å². The van der Waals surface area contributed by atoms with Gasteiger partial charge in [0.15, 0.2) is 29.7 Å². The summed E-state index contributed by atoms with van der Waals surface area (Å²) in [5, 5.41) is 9.22. The summed E-state index contributed by atoms with van der Waals surface area (Å²) in [6.45, 7) is 30.9. The molecule has 15 fully saturated rings. The van der Waals surface area contributed by atoms with Crippen molar-refractivity contribution in [2.45, 2.75) is 191 Å². The first-order valence-corrected chi connectivity index (χ1v) is 31.6. The topological polar surface area (TPSA) is 367 Å². The molecule has 7 saturated carbocycles. The van der Waals surface area contributed by atoms with E-state index >= 15 is 0 Å². The first-order valence-electron chi connectivity index (χ1n) is 31.6. The summed E-state index contributed by atoms with van der Waals surface area (Å²) in [5.74, 6) is -4.36. The third-order valence-electron chi connectivity index (χ3n) is 20.2. The van der Waals surface area contributed by atoms with Crippen LogP contribution in [0.2, 0.25) is 0 Å². The van der Waals surface area contributed by atoms with Crippen molar-refractivity contribution in [1.29, 1.82) is 5.26 Å². The van der Waals surface area contributed by atoms with Gasteiger partial charge in [0.25, 0.3) is 0 Å². The first-order chi connectivity index (χ1) is 44.9. The predicted molar refractivity (Wildman–Crippen MR) is 314 cm³/mol. The molecule has 6 bridgehead atoms. The molecule has 28 nitrogen and oxygen atoms in total. The molecule has 25 unspecified atom stereocenters. The van der Waals surface area contributed by atoms with Gasteiger partial charge in [0.1, 0.15) is 61.5 Å². The quantitative estimate of drug-likeness (QED) is 0.151. The number of hydrogen-bond donors (Lipinski definition) is 0. The molecule has 15 rings (SSSR count). The fourth-order valence-corrected chi connectivity index (χ4v) is 16.0. The summed E-state index contributed by atoms with van der Waals surface area (Å²) in [6, 6.07) is 2.11. The number of cyclic esters (lactones) is 1. The Morgan fingerprint density at radius 1 is 0.568 bits per heavy atom. The molecular weight excluding hydrogens is 1250 g/mol. The van der Waals surface area contributed by atoms with E-state index in [0.29, 0.717) is 23.5 Å². The van der Waals surface area contributed by atoms with Crippen LogP contribution < -0.4 is 0 Å². The number of hydrogen-bond acceptors (Lipinski definition) is 28. The number of carbonyl (C=O) groups is 12. The van der Waals surface area contributed by atoms with Crippen molar-refractivity contribution in [3.8, 4) is 6.07 Å². The molecule has 0 spiro atoms. The fraction of sp³-hybridized carbons (Fsp3) is 0.627. The monoisotopic (exact) mass is 1330 g/mol. The molecule has 512 valence electrons. The van der Waals surface area contributed by atoms with Gasteiger partial charge < -0.3 is 71.1 Å². The molecule has 95 heavy (non-hydrogen) atoms. The van der Waals surface area contributed by atoms with Crippen LogP contribution in [0.5, 0.6) is 0 Å². The number of fused-ring (bicyclic) bond motifs is 7. The Morgan fingerprint density at radius 3 is 1.79 bits per heavy atom. The maximum absolute atomic E-state index is 11.8. The lowest BCUT2D eigenvalue weighted by Gasteiger charge is -2.29. The second-order valence-corrected chi connectivity index (χ2v) is 26.8. The SMILES string of the molecule is C=C(C)C(=O)OC1C(=O)OC2C3OC(C)(C)OC3OC12.C=C(C)C(=O)OC1C2CC3C1OC(=O)C3(C#N)C2.C=C(C)C(=O)OC1C2CC3C1OC(=O)C3C2C.C=CC(=O)OC1C(=O)OC2CCCC21.C=CC(=O)OC1C2CC3C(=O)OC1C3C2.C=CC(=O)OC1COC(=O)C1. The molecule has 0 amide bonds. The summed E-state index contributed by atoms with van der Waals surface area (Å²) in [7, 11) is 0. The van der Waals surface area contributed by atoms with Gasteiger partial charge in [-0.1, -0.05) is 46.4 Å². The third kappa shape index (κ3) is 13.4. The molecule has 8 aliphatic heterocycles. The minimum atomic E-state index is -1.11. The smallest absolute Gasteiger partial charge is 0.350 e. The van der Waals surface area contributed by atoms with Crippen molar-refractivity contribution >= 4 is 71.6 Å². The maximum Gasteiger partial charge on any atom is 0.350 e. The van der Waals surface area contributed by atoms with Crippen LogP contribution in [0.3, 0.4) is 0 Å². The van der Waals surface area contributed by atoms with Crippen LogP contribution >= 0.6 is 0 Å². The second kappa shape index (κ2) is 27.3. The summed E-state index contributed by atoms with van der Waals surface area (Å²) < 4.78 is 78.3. The standard InChI is InChI=1S/C13H13NO4.C13H16O7.C13H16O4.C11H12O4.C10H12O4.C7H8O4/c1-6(2)11(15)17-9-7-3-8-10(9)18-12(16)13(8,4-7)5-14;1-5(2)10(14)17-8-6-7(16-11(8)15)9-12(18-6)20-13(3,4)19-9;1-5(2)12(14)16-10-7-4-8-9(6(7)3)13(15)17-11(8)10;1-2-8(12)14-9-5-3-6-7(4-5)11(13)15-10(6)9;1-2-8(11)14-9-6-4-3-5-7(6)13-10(9)12;1-2-6(8)11-5-3-7(9)10-4-5/h7-10H,1,3-4H2,2H3;6-9,12H,1H2,2-4H3;6-11H,1,4H2,2-3H3;2,5-7,9-10H,1,3-4H2;2,6-7,9H,1,3-5H2;2,5H,1,3-4H2. The van der Waals surface area contributed by atoms with Gasteiger partial charge in [0.05, 0.1) is 24.3 Å². The van der Waals surface area contributed by atoms with Crippen molar-refractivity contribution in [1.82, 2.24) is 0 Å². The maximum atomic E-state index is 11.8.